The Kier molecular flexibility index (Phi) is 7.25. The van der Waals surface area contributed by atoms with Crippen LogP contribution < -0.4 is 20.5 Å². The molecular weight excluding hydrogens is 458 g/mol. The van der Waals surface area contributed by atoms with Crippen molar-refractivity contribution in [2.24, 2.45) is 0 Å². The zero-order valence-electron chi connectivity index (χ0n) is 19.9. The van der Waals surface area contributed by atoms with E-state index in [0.717, 1.165) is 43.1 Å². The number of rotatable bonds is 7. The Balaban J connectivity index is 1.50. The molecule has 0 saturated carbocycles. The van der Waals surface area contributed by atoms with Crippen molar-refractivity contribution in [3.63, 3.8) is 0 Å². The third kappa shape index (κ3) is 5.40. The second kappa shape index (κ2) is 10.3. The minimum absolute atomic E-state index is 0.0463. The van der Waals surface area contributed by atoms with Crippen LogP contribution in [0, 0.1) is 6.92 Å². The Bertz CT molecular complexity index is 1290. The predicted octanol–water partition coefficient (Wildman–Crippen LogP) is 2.47. The van der Waals surface area contributed by atoms with Crippen LogP contribution in [0.1, 0.15) is 34.4 Å². The molecule has 186 valence electrons. The molecule has 1 aliphatic rings. The van der Waals surface area contributed by atoms with Crippen LogP contribution in [-0.2, 0) is 13.0 Å². The highest BCUT2D eigenvalue weighted by molar-refractivity contribution is 5.92. The molecule has 0 unspecified atom stereocenters. The Morgan fingerprint density at radius 2 is 1.94 bits per heavy atom. The highest BCUT2D eigenvalue weighted by Crippen LogP contribution is 2.27. The summed E-state index contributed by atoms with van der Waals surface area (Å²) < 4.78 is 30.9. The topological polar surface area (TPSA) is 103 Å². The van der Waals surface area contributed by atoms with Gasteiger partial charge >= 0.3 is 6.61 Å². The molecule has 1 aliphatic heterocycles. The molecule has 4 rings (SSSR count). The van der Waals surface area contributed by atoms with Gasteiger partial charge in [0.25, 0.3) is 11.5 Å². The first-order valence-corrected chi connectivity index (χ1v) is 11.5. The van der Waals surface area contributed by atoms with Crippen molar-refractivity contribution in [1.82, 2.24) is 25.2 Å². The molecule has 0 radical (unpaired) electrons. The van der Waals surface area contributed by atoms with Crippen molar-refractivity contribution in [3.8, 4) is 5.75 Å². The molecule has 35 heavy (non-hydrogen) atoms. The standard InChI is InChI=1S/C24H28F2N6O3/c1-4-16-23(34)30-18-11-15(12-20(21(18)29-16)35-24(25)26)13-31-7-9-32(10-8-31)19-6-5-17(22(33)27-3)28-14(19)2/h5-6,11-12,24H,4,7-10,13H2,1-3H3,(H,27,33)(H,30,34). The zero-order chi connectivity index (χ0) is 25.1. The molecule has 11 heteroatoms. The number of carbonyl (C=O) groups is 1. The van der Waals surface area contributed by atoms with Crippen molar-refractivity contribution in [2.75, 3.05) is 38.1 Å². The van der Waals surface area contributed by atoms with Gasteiger partial charge in [-0.15, -0.1) is 0 Å². The molecule has 0 bridgehead atoms. The van der Waals surface area contributed by atoms with E-state index in [9.17, 15) is 18.4 Å². The Morgan fingerprint density at radius 1 is 1.20 bits per heavy atom. The van der Waals surface area contributed by atoms with Crippen LogP contribution in [0.25, 0.3) is 11.0 Å². The SMILES string of the molecule is CCc1nc2c(OC(F)F)cc(CN3CCN(c4ccc(C(=O)NC)nc4C)CC3)cc2[nH]c1=O. The molecule has 3 aromatic rings. The fourth-order valence-electron chi connectivity index (χ4n) is 4.32. The number of alkyl halides is 2. The number of carbonyl (C=O) groups excluding carboxylic acids is 1. The normalized spacial score (nSPS) is 14.5. The summed E-state index contributed by atoms with van der Waals surface area (Å²) in [4.78, 5) is 39.9. The molecule has 0 aliphatic carbocycles. The lowest BCUT2D eigenvalue weighted by Gasteiger charge is -2.36. The van der Waals surface area contributed by atoms with Crippen LogP contribution in [0.3, 0.4) is 0 Å². The van der Waals surface area contributed by atoms with Gasteiger partial charge in [-0.1, -0.05) is 6.92 Å². The number of piperazine rings is 1. The number of fused-ring (bicyclic) bond motifs is 1. The second-order valence-electron chi connectivity index (χ2n) is 8.38. The zero-order valence-corrected chi connectivity index (χ0v) is 19.9. The summed E-state index contributed by atoms with van der Waals surface area (Å²) in [6.45, 7) is 4.14. The number of pyridine rings is 1. The number of hydrogen-bond donors (Lipinski definition) is 2. The van der Waals surface area contributed by atoms with Crippen LogP contribution in [0.2, 0.25) is 0 Å². The third-order valence-corrected chi connectivity index (χ3v) is 6.08. The highest BCUT2D eigenvalue weighted by Gasteiger charge is 2.21. The van der Waals surface area contributed by atoms with Gasteiger partial charge in [-0.05, 0) is 43.2 Å². The molecule has 2 N–H and O–H groups in total. The van der Waals surface area contributed by atoms with Gasteiger partial charge in [-0.2, -0.15) is 8.78 Å². The minimum atomic E-state index is -3.00. The summed E-state index contributed by atoms with van der Waals surface area (Å²) in [6.07, 6.45) is 0.384. The molecule has 1 amide bonds. The number of amides is 1. The van der Waals surface area contributed by atoms with Gasteiger partial charge in [0, 0.05) is 39.8 Å². The molecule has 1 fully saturated rings. The first kappa shape index (κ1) is 24.5. The number of aromatic nitrogens is 3. The van der Waals surface area contributed by atoms with E-state index in [4.69, 9.17) is 4.74 Å². The lowest BCUT2D eigenvalue weighted by Crippen LogP contribution is -2.46. The van der Waals surface area contributed by atoms with E-state index in [1.165, 1.54) is 0 Å². The van der Waals surface area contributed by atoms with Crippen molar-refractivity contribution in [1.29, 1.82) is 0 Å². The minimum Gasteiger partial charge on any atom is -0.432 e. The molecular formula is C24H28F2N6O3. The summed E-state index contributed by atoms with van der Waals surface area (Å²) in [5, 5.41) is 2.57. The highest BCUT2D eigenvalue weighted by atomic mass is 19.3. The Morgan fingerprint density at radius 3 is 2.57 bits per heavy atom. The van der Waals surface area contributed by atoms with Gasteiger partial charge in [-0.25, -0.2) is 9.97 Å². The molecule has 3 heterocycles. The lowest BCUT2D eigenvalue weighted by atomic mass is 10.1. The lowest BCUT2D eigenvalue weighted by molar-refractivity contribution is -0.0489. The van der Waals surface area contributed by atoms with E-state index in [-0.39, 0.29) is 28.4 Å². The largest absolute Gasteiger partial charge is 0.432 e. The monoisotopic (exact) mass is 486 g/mol. The number of benzene rings is 1. The summed E-state index contributed by atoms with van der Waals surface area (Å²) >= 11 is 0. The average Bonchev–Trinajstić information content (AvgIpc) is 2.83. The van der Waals surface area contributed by atoms with E-state index in [0.29, 0.717) is 24.2 Å². The number of ether oxygens (including phenoxy) is 1. The number of hydrogen-bond acceptors (Lipinski definition) is 7. The first-order chi connectivity index (χ1) is 16.8. The van der Waals surface area contributed by atoms with Crippen LogP contribution in [0.15, 0.2) is 29.1 Å². The first-order valence-electron chi connectivity index (χ1n) is 11.5. The number of nitrogens with one attached hydrogen (secondary N) is 2. The fraction of sp³-hybridized carbons (Fsp3) is 0.417. The van der Waals surface area contributed by atoms with Gasteiger partial charge in [0.15, 0.2) is 5.75 Å². The maximum Gasteiger partial charge on any atom is 0.387 e. The average molecular weight is 487 g/mol. The molecule has 9 nitrogen and oxygen atoms in total. The van der Waals surface area contributed by atoms with E-state index in [1.807, 2.05) is 13.0 Å². The quantitative estimate of drug-likeness (QED) is 0.529. The predicted molar refractivity (Wildman–Crippen MR) is 128 cm³/mol. The van der Waals surface area contributed by atoms with Gasteiger partial charge in [0.2, 0.25) is 0 Å². The molecule has 1 saturated heterocycles. The van der Waals surface area contributed by atoms with Crippen molar-refractivity contribution in [2.45, 2.75) is 33.4 Å². The summed E-state index contributed by atoms with van der Waals surface area (Å²) in [6, 6.07) is 6.95. The number of aromatic amines is 1. The fourth-order valence-corrected chi connectivity index (χ4v) is 4.32. The smallest absolute Gasteiger partial charge is 0.387 e. The summed E-state index contributed by atoms with van der Waals surface area (Å²) in [5.41, 5.74) is 3.42. The summed E-state index contributed by atoms with van der Waals surface area (Å²) in [5.74, 6) is -0.271. The number of anilines is 1. The maximum absolute atomic E-state index is 13.1. The van der Waals surface area contributed by atoms with Crippen LogP contribution in [0.5, 0.6) is 5.75 Å². The van der Waals surface area contributed by atoms with Crippen molar-refractivity contribution >= 4 is 22.6 Å². The molecule has 2 aromatic heterocycles. The van der Waals surface area contributed by atoms with Crippen LogP contribution >= 0.6 is 0 Å². The maximum atomic E-state index is 13.1. The third-order valence-electron chi connectivity index (χ3n) is 6.08. The number of halogens is 2. The Hall–Kier alpha value is -3.60. The van der Waals surface area contributed by atoms with Gasteiger partial charge in [0.05, 0.1) is 16.9 Å². The van der Waals surface area contributed by atoms with Crippen LogP contribution in [0.4, 0.5) is 14.5 Å². The molecule has 0 spiro atoms. The van der Waals surface area contributed by atoms with E-state index in [1.54, 1.807) is 32.2 Å². The Labute approximate surface area is 201 Å². The number of aryl methyl sites for hydroxylation is 2. The molecule has 0 atom stereocenters. The van der Waals surface area contributed by atoms with Crippen LogP contribution in [-0.4, -0.2) is 65.6 Å². The summed E-state index contributed by atoms with van der Waals surface area (Å²) in [7, 11) is 1.57. The number of H-pyrrole nitrogens is 1. The molecule has 1 aromatic carbocycles. The number of nitrogens with zero attached hydrogens (tertiary/aromatic N) is 4. The van der Waals surface area contributed by atoms with Gasteiger partial charge < -0.3 is 19.9 Å². The van der Waals surface area contributed by atoms with E-state index >= 15 is 0 Å². The second-order valence-corrected chi connectivity index (χ2v) is 8.38. The van der Waals surface area contributed by atoms with Crippen molar-refractivity contribution in [3.05, 3.63) is 57.3 Å². The van der Waals surface area contributed by atoms with Gasteiger partial charge in [-0.3, -0.25) is 14.5 Å². The van der Waals surface area contributed by atoms with Gasteiger partial charge in [0.1, 0.15) is 16.9 Å². The van der Waals surface area contributed by atoms with Crippen molar-refractivity contribution < 1.29 is 18.3 Å². The van der Waals surface area contributed by atoms with E-state index < -0.39 is 6.61 Å². The van der Waals surface area contributed by atoms with E-state index in [2.05, 4.69) is 30.1 Å².